The number of rotatable bonds is 4. The van der Waals surface area contributed by atoms with Crippen LogP contribution in [-0.4, -0.2) is 9.59 Å². The van der Waals surface area contributed by atoms with E-state index in [2.05, 4.69) is 161 Å². The van der Waals surface area contributed by atoms with Gasteiger partial charge in [-0.25, -0.2) is 0 Å². The Hall–Kier alpha value is -7.04. The van der Waals surface area contributed by atoms with Crippen LogP contribution in [0.5, 0.6) is 23.0 Å². The average Bonchev–Trinajstić information content (AvgIpc) is 4.03. The number of nitrogens with one attached hydrogen (secondary N) is 2. The van der Waals surface area contributed by atoms with Crippen molar-refractivity contribution in [2.24, 2.45) is 0 Å². The fourth-order valence-corrected chi connectivity index (χ4v) is 11.8. The molecule has 2 N–H and O–H groups in total. The Labute approximate surface area is 349 Å². The van der Waals surface area contributed by atoms with Gasteiger partial charge in [-0.3, -0.25) is 0 Å². The highest BCUT2D eigenvalue weighted by molar-refractivity contribution is 7.26. The van der Waals surface area contributed by atoms with E-state index in [1.54, 1.807) is 22.7 Å². The van der Waals surface area contributed by atoms with E-state index in [4.69, 9.17) is 14.6 Å². The standard InChI is InChI=1S/C50H28N4O2S3/c1-3-13-31(27(11-1)29-17-9-19-35-45(29)51-48-37(55-35)23-25-41-43(48)33-15-5-7-21-39(33)57-41)47-50(59-54-53-47)32-14-4-2-12-28(32)30-18-10-20-36-46(30)52-49-38(56-36)24-26-42-44(49)34-16-6-8-22-40(34)58-42/h1-26,51-52H. The van der Waals surface area contributed by atoms with Gasteiger partial charge in [-0.2, -0.15) is 0 Å². The molecule has 5 heterocycles. The Morgan fingerprint density at radius 2 is 0.831 bits per heavy atom. The fraction of sp³-hybridized carbons (Fsp3) is 0. The molecule has 0 bridgehead atoms. The highest BCUT2D eigenvalue weighted by Crippen LogP contribution is 2.55. The normalized spacial score (nSPS) is 12.6. The van der Waals surface area contributed by atoms with Crippen LogP contribution in [-0.2, 0) is 0 Å². The van der Waals surface area contributed by atoms with Crippen LogP contribution in [0.3, 0.4) is 0 Å². The minimum Gasteiger partial charge on any atom is -0.453 e. The molecule has 0 amide bonds. The second-order valence-corrected chi connectivity index (χ2v) is 17.6. The van der Waals surface area contributed by atoms with Gasteiger partial charge in [-0.05, 0) is 71.2 Å². The summed E-state index contributed by atoms with van der Waals surface area (Å²) in [5, 5.41) is 17.4. The molecule has 0 fully saturated rings. The lowest BCUT2D eigenvalue weighted by Gasteiger charge is -2.26. The molecule has 6 nitrogen and oxygen atoms in total. The number of anilines is 4. The highest BCUT2D eigenvalue weighted by atomic mass is 32.1. The molecule has 11 aromatic rings. The van der Waals surface area contributed by atoms with E-state index >= 15 is 0 Å². The molecule has 9 heteroatoms. The van der Waals surface area contributed by atoms with E-state index in [9.17, 15) is 0 Å². The number of para-hydroxylation sites is 2. The van der Waals surface area contributed by atoms with Crippen LogP contribution in [0.25, 0.3) is 84.3 Å². The maximum atomic E-state index is 6.67. The second-order valence-electron chi connectivity index (χ2n) is 14.7. The van der Waals surface area contributed by atoms with Crippen LogP contribution in [0.4, 0.5) is 22.7 Å². The summed E-state index contributed by atoms with van der Waals surface area (Å²) < 4.78 is 22.9. The Balaban J connectivity index is 0.931. The molecule has 0 saturated carbocycles. The van der Waals surface area contributed by atoms with Crippen molar-refractivity contribution >= 4 is 97.3 Å². The number of hydrogen-bond acceptors (Lipinski definition) is 9. The van der Waals surface area contributed by atoms with Crippen LogP contribution in [0.2, 0.25) is 0 Å². The third-order valence-corrected chi connectivity index (χ3v) is 14.5. The Morgan fingerprint density at radius 3 is 1.41 bits per heavy atom. The number of ether oxygens (including phenoxy) is 2. The van der Waals surface area contributed by atoms with Gasteiger partial charge in [0.2, 0.25) is 0 Å². The third kappa shape index (κ3) is 4.96. The molecule has 0 unspecified atom stereocenters. The Morgan fingerprint density at radius 1 is 0.373 bits per heavy atom. The van der Waals surface area contributed by atoms with Crippen LogP contribution in [0.1, 0.15) is 0 Å². The molecule has 3 aromatic heterocycles. The smallest absolute Gasteiger partial charge is 0.151 e. The zero-order chi connectivity index (χ0) is 38.6. The molecule has 2 aliphatic heterocycles. The summed E-state index contributed by atoms with van der Waals surface area (Å²) >= 11 is 5.02. The minimum absolute atomic E-state index is 0.781. The van der Waals surface area contributed by atoms with E-state index in [-0.39, 0.29) is 0 Å². The van der Waals surface area contributed by atoms with Gasteiger partial charge in [0.05, 0.1) is 27.6 Å². The zero-order valence-corrected chi connectivity index (χ0v) is 33.4. The van der Waals surface area contributed by atoms with Crippen molar-refractivity contribution in [3.8, 4) is 66.9 Å². The molecule has 0 atom stereocenters. The molecule has 0 spiro atoms. The molecular formula is C50H28N4O2S3. The highest BCUT2D eigenvalue weighted by Gasteiger charge is 2.28. The topological polar surface area (TPSA) is 68.3 Å². The van der Waals surface area contributed by atoms with Gasteiger partial charge in [-0.15, -0.1) is 27.8 Å². The minimum atomic E-state index is 0.781. The SMILES string of the molecule is c1ccc(-c2nnsc2-c2ccccc2-c2cccc3c2Nc2c(ccc4sc5ccccc5c24)O3)c(-c2cccc3c2Nc2c(ccc4sc5ccccc5c24)O3)c1. The molecule has 8 aromatic carbocycles. The van der Waals surface area contributed by atoms with Gasteiger partial charge < -0.3 is 20.1 Å². The molecule has 13 rings (SSSR count). The first-order chi connectivity index (χ1) is 29.2. The predicted molar refractivity (Wildman–Crippen MR) is 247 cm³/mol. The van der Waals surface area contributed by atoms with Gasteiger partial charge in [-0.1, -0.05) is 114 Å². The van der Waals surface area contributed by atoms with E-state index in [0.29, 0.717) is 0 Å². The van der Waals surface area contributed by atoms with Crippen molar-refractivity contribution < 1.29 is 9.47 Å². The molecule has 0 aliphatic carbocycles. The van der Waals surface area contributed by atoms with Crippen molar-refractivity contribution in [3.05, 3.63) is 158 Å². The lowest BCUT2D eigenvalue weighted by Crippen LogP contribution is -2.05. The van der Waals surface area contributed by atoms with Gasteiger partial charge in [0, 0.05) is 62.6 Å². The second kappa shape index (κ2) is 12.7. The molecule has 0 radical (unpaired) electrons. The van der Waals surface area contributed by atoms with Gasteiger partial charge in [0.1, 0.15) is 5.69 Å². The van der Waals surface area contributed by atoms with E-state index in [1.165, 1.54) is 51.9 Å². The Kier molecular flexibility index (Phi) is 7.12. The van der Waals surface area contributed by atoms with Crippen LogP contribution >= 0.6 is 34.2 Å². The van der Waals surface area contributed by atoms with Crippen molar-refractivity contribution in [2.45, 2.75) is 0 Å². The van der Waals surface area contributed by atoms with Crippen LogP contribution < -0.4 is 20.1 Å². The largest absolute Gasteiger partial charge is 0.453 e. The average molecular weight is 813 g/mol. The van der Waals surface area contributed by atoms with Crippen molar-refractivity contribution in [1.82, 2.24) is 9.59 Å². The number of hydrogen-bond donors (Lipinski definition) is 2. The summed E-state index contributed by atoms with van der Waals surface area (Å²) in [5.74, 6) is 3.21. The summed E-state index contributed by atoms with van der Waals surface area (Å²) in [5.41, 5.74) is 10.9. The Bertz CT molecular complexity index is 3320. The summed E-state index contributed by atoms with van der Waals surface area (Å²) in [7, 11) is 0. The van der Waals surface area contributed by atoms with E-state index in [0.717, 1.165) is 89.7 Å². The van der Waals surface area contributed by atoms with Crippen molar-refractivity contribution in [2.75, 3.05) is 10.6 Å². The fourth-order valence-electron chi connectivity index (χ4n) is 8.82. The summed E-state index contributed by atoms with van der Waals surface area (Å²) in [6.07, 6.45) is 0. The number of aromatic nitrogens is 2. The number of benzene rings is 8. The summed E-state index contributed by atoms with van der Waals surface area (Å²) in [6.45, 7) is 0. The number of nitrogens with zero attached hydrogens (tertiary/aromatic N) is 2. The van der Waals surface area contributed by atoms with Crippen LogP contribution in [0.15, 0.2) is 158 Å². The first kappa shape index (κ1) is 33.0. The summed E-state index contributed by atoms with van der Waals surface area (Å²) in [6, 6.07) is 55.1. The van der Waals surface area contributed by atoms with Crippen molar-refractivity contribution in [1.29, 1.82) is 0 Å². The number of fused-ring (bicyclic) bond motifs is 12. The molecule has 59 heavy (non-hydrogen) atoms. The van der Waals surface area contributed by atoms with E-state index in [1.807, 2.05) is 12.1 Å². The van der Waals surface area contributed by atoms with Crippen molar-refractivity contribution in [3.63, 3.8) is 0 Å². The first-order valence-corrected chi connectivity index (χ1v) is 21.7. The molecule has 0 saturated heterocycles. The maximum absolute atomic E-state index is 6.67. The lowest BCUT2D eigenvalue weighted by atomic mass is 9.91. The lowest BCUT2D eigenvalue weighted by molar-refractivity contribution is 0.482. The zero-order valence-electron chi connectivity index (χ0n) is 30.9. The van der Waals surface area contributed by atoms with Gasteiger partial charge >= 0.3 is 0 Å². The quantitative estimate of drug-likeness (QED) is 0.184. The summed E-state index contributed by atoms with van der Waals surface area (Å²) in [4.78, 5) is 0.986. The maximum Gasteiger partial charge on any atom is 0.151 e. The first-order valence-electron chi connectivity index (χ1n) is 19.3. The molecule has 278 valence electrons. The predicted octanol–water partition coefficient (Wildman–Crippen LogP) is 15.6. The molecule has 2 aliphatic rings. The van der Waals surface area contributed by atoms with E-state index < -0.39 is 0 Å². The van der Waals surface area contributed by atoms with Gasteiger partial charge in [0.25, 0.3) is 0 Å². The number of thiophene rings is 2. The van der Waals surface area contributed by atoms with Crippen LogP contribution in [0, 0.1) is 0 Å². The molecular weight excluding hydrogens is 785 g/mol. The third-order valence-electron chi connectivity index (χ3n) is 11.4. The van der Waals surface area contributed by atoms with Gasteiger partial charge in [0.15, 0.2) is 23.0 Å². The monoisotopic (exact) mass is 812 g/mol.